The molecule has 0 spiro atoms. The van der Waals surface area contributed by atoms with E-state index < -0.39 is 0 Å². The van der Waals surface area contributed by atoms with Gasteiger partial charge in [-0.1, -0.05) is 41.5 Å². The molecule has 1 unspecified atom stereocenters. The minimum absolute atomic E-state index is 0.113. The predicted octanol–water partition coefficient (Wildman–Crippen LogP) is 3.61. The molecule has 0 amide bonds. The van der Waals surface area contributed by atoms with Crippen LogP contribution < -0.4 is 0 Å². The zero-order valence-corrected chi connectivity index (χ0v) is 9.23. The van der Waals surface area contributed by atoms with Crippen molar-refractivity contribution in [3.63, 3.8) is 0 Å². The smallest absolute Gasteiger partial charge is 0.0661 e. The summed E-state index contributed by atoms with van der Waals surface area (Å²) in [7, 11) is 0. The van der Waals surface area contributed by atoms with E-state index in [2.05, 4.69) is 47.6 Å². The van der Waals surface area contributed by atoms with Crippen molar-refractivity contribution in [2.45, 2.75) is 48.0 Å². The molecule has 0 saturated carbocycles. The lowest BCUT2D eigenvalue weighted by Gasteiger charge is -2.30. The van der Waals surface area contributed by atoms with E-state index in [1.54, 1.807) is 0 Å². The first-order valence-electron chi connectivity index (χ1n) is 4.56. The molecule has 0 aromatic rings. The van der Waals surface area contributed by atoms with Crippen molar-refractivity contribution in [2.75, 3.05) is 0 Å². The second-order valence-corrected chi connectivity index (χ2v) is 5.81. The van der Waals surface area contributed by atoms with Crippen LogP contribution in [0.5, 0.6) is 0 Å². The predicted molar refractivity (Wildman–Crippen MR) is 52.6 cm³/mol. The number of nitriles is 1. The molecule has 0 N–H and O–H groups in total. The summed E-state index contributed by atoms with van der Waals surface area (Å²) in [5.74, 6) is 0.164. The van der Waals surface area contributed by atoms with Crippen molar-refractivity contribution in [3.05, 3.63) is 0 Å². The van der Waals surface area contributed by atoms with E-state index in [9.17, 15) is 0 Å². The Kier molecular flexibility index (Phi) is 3.33. The molecule has 0 bridgehead atoms. The van der Waals surface area contributed by atoms with E-state index >= 15 is 0 Å². The van der Waals surface area contributed by atoms with Crippen molar-refractivity contribution >= 4 is 0 Å². The molecule has 0 saturated heterocycles. The van der Waals surface area contributed by atoms with Gasteiger partial charge in [0.1, 0.15) is 0 Å². The van der Waals surface area contributed by atoms with Gasteiger partial charge in [0.25, 0.3) is 0 Å². The van der Waals surface area contributed by atoms with E-state index in [4.69, 9.17) is 5.26 Å². The fourth-order valence-corrected chi connectivity index (χ4v) is 1.16. The second kappa shape index (κ2) is 3.47. The highest BCUT2D eigenvalue weighted by Crippen LogP contribution is 2.35. The largest absolute Gasteiger partial charge is 0.198 e. The van der Waals surface area contributed by atoms with Gasteiger partial charge in [0, 0.05) is 0 Å². The Morgan fingerprint density at radius 3 is 1.58 bits per heavy atom. The van der Waals surface area contributed by atoms with Crippen LogP contribution >= 0.6 is 0 Å². The molecule has 1 heteroatoms. The fraction of sp³-hybridized carbons (Fsp3) is 0.909. The molecule has 0 fully saturated rings. The molecule has 0 aliphatic rings. The minimum atomic E-state index is 0.113. The monoisotopic (exact) mass is 167 g/mol. The van der Waals surface area contributed by atoms with Crippen LogP contribution in [0.4, 0.5) is 0 Å². The molecule has 1 nitrogen and oxygen atoms in total. The van der Waals surface area contributed by atoms with E-state index in [0.717, 1.165) is 6.42 Å². The summed E-state index contributed by atoms with van der Waals surface area (Å²) in [5, 5.41) is 8.97. The van der Waals surface area contributed by atoms with Gasteiger partial charge in [-0.15, -0.1) is 0 Å². The first-order valence-corrected chi connectivity index (χ1v) is 4.56. The number of rotatable bonds is 1. The van der Waals surface area contributed by atoms with Crippen molar-refractivity contribution < 1.29 is 0 Å². The van der Waals surface area contributed by atoms with Gasteiger partial charge in [-0.2, -0.15) is 5.26 Å². The molecule has 0 heterocycles. The lowest BCUT2D eigenvalue weighted by molar-refractivity contribution is 0.213. The zero-order valence-electron chi connectivity index (χ0n) is 9.23. The number of hydrogen-bond donors (Lipinski definition) is 0. The summed E-state index contributed by atoms with van der Waals surface area (Å²) in [4.78, 5) is 0. The maximum atomic E-state index is 8.97. The Bertz CT molecular complexity index is 173. The van der Waals surface area contributed by atoms with E-state index in [1.807, 2.05) is 0 Å². The molecule has 0 aliphatic heterocycles. The number of hydrogen-bond acceptors (Lipinski definition) is 1. The van der Waals surface area contributed by atoms with E-state index in [1.165, 1.54) is 0 Å². The summed E-state index contributed by atoms with van der Waals surface area (Å²) >= 11 is 0. The first-order chi connectivity index (χ1) is 5.17. The summed E-state index contributed by atoms with van der Waals surface area (Å²) in [5.41, 5.74) is 0.371. The molecule has 0 aliphatic carbocycles. The lowest BCUT2D eigenvalue weighted by Crippen LogP contribution is -2.24. The van der Waals surface area contributed by atoms with Gasteiger partial charge in [-0.05, 0) is 17.3 Å². The van der Waals surface area contributed by atoms with Crippen molar-refractivity contribution in [2.24, 2.45) is 16.7 Å². The highest BCUT2D eigenvalue weighted by molar-refractivity contribution is 4.93. The van der Waals surface area contributed by atoms with Crippen molar-refractivity contribution in [1.82, 2.24) is 0 Å². The molecule has 70 valence electrons. The Balaban J connectivity index is 4.33. The van der Waals surface area contributed by atoms with Crippen molar-refractivity contribution in [1.29, 1.82) is 5.26 Å². The highest BCUT2D eigenvalue weighted by Gasteiger charge is 2.28. The third kappa shape index (κ3) is 4.38. The Hall–Kier alpha value is -0.510. The van der Waals surface area contributed by atoms with Gasteiger partial charge >= 0.3 is 0 Å². The molecule has 0 aromatic carbocycles. The van der Waals surface area contributed by atoms with Gasteiger partial charge in [-0.25, -0.2) is 0 Å². The van der Waals surface area contributed by atoms with Crippen LogP contribution in [0, 0.1) is 28.1 Å². The third-order valence-corrected chi connectivity index (χ3v) is 2.02. The van der Waals surface area contributed by atoms with E-state index in [0.29, 0.717) is 0 Å². The average Bonchev–Trinajstić information content (AvgIpc) is 1.78. The minimum Gasteiger partial charge on any atom is -0.198 e. The summed E-state index contributed by atoms with van der Waals surface area (Å²) in [6, 6.07) is 2.40. The normalized spacial score (nSPS) is 15.4. The molecule has 12 heavy (non-hydrogen) atoms. The van der Waals surface area contributed by atoms with Gasteiger partial charge in [0.2, 0.25) is 0 Å². The molecule has 1 atom stereocenters. The number of nitrogens with zero attached hydrogens (tertiary/aromatic N) is 1. The first kappa shape index (κ1) is 11.5. The third-order valence-electron chi connectivity index (χ3n) is 2.02. The molecule has 0 rings (SSSR count). The average molecular weight is 167 g/mol. The van der Waals surface area contributed by atoms with Gasteiger partial charge in [0.15, 0.2) is 0 Å². The Morgan fingerprint density at radius 2 is 1.50 bits per heavy atom. The summed E-state index contributed by atoms with van der Waals surface area (Å²) in [6.07, 6.45) is 0.979. The maximum Gasteiger partial charge on any atom is 0.0661 e. The Labute approximate surface area is 76.8 Å². The van der Waals surface area contributed by atoms with Gasteiger partial charge in [0.05, 0.1) is 12.0 Å². The topological polar surface area (TPSA) is 23.8 Å². The van der Waals surface area contributed by atoms with Crippen LogP contribution in [0.3, 0.4) is 0 Å². The van der Waals surface area contributed by atoms with Crippen LogP contribution in [-0.2, 0) is 0 Å². The SMILES string of the molecule is CC(C)(C)CC(C#N)C(C)(C)C. The zero-order chi connectivity index (χ0) is 9.99. The summed E-state index contributed by atoms with van der Waals surface area (Å²) < 4.78 is 0. The van der Waals surface area contributed by atoms with Crippen molar-refractivity contribution in [3.8, 4) is 6.07 Å². The second-order valence-electron chi connectivity index (χ2n) is 5.81. The molecule has 0 radical (unpaired) electrons. The molecular formula is C11H21N. The lowest BCUT2D eigenvalue weighted by atomic mass is 9.73. The summed E-state index contributed by atoms with van der Waals surface area (Å²) in [6.45, 7) is 12.9. The van der Waals surface area contributed by atoms with Gasteiger partial charge < -0.3 is 0 Å². The van der Waals surface area contributed by atoms with Crippen LogP contribution in [0.2, 0.25) is 0 Å². The maximum absolute atomic E-state index is 8.97. The van der Waals surface area contributed by atoms with Crippen LogP contribution in [0.15, 0.2) is 0 Å². The highest BCUT2D eigenvalue weighted by atomic mass is 14.4. The fourth-order valence-electron chi connectivity index (χ4n) is 1.16. The molecular weight excluding hydrogens is 146 g/mol. The van der Waals surface area contributed by atoms with Gasteiger partial charge in [-0.3, -0.25) is 0 Å². The van der Waals surface area contributed by atoms with E-state index in [-0.39, 0.29) is 16.7 Å². The Morgan fingerprint density at radius 1 is 1.08 bits per heavy atom. The van der Waals surface area contributed by atoms with Crippen LogP contribution in [-0.4, -0.2) is 0 Å². The molecule has 0 aromatic heterocycles. The van der Waals surface area contributed by atoms with Crippen LogP contribution in [0.25, 0.3) is 0 Å². The standard InChI is InChI=1S/C11H21N/c1-10(2,3)7-9(8-12)11(4,5)6/h9H,7H2,1-6H3. The quantitative estimate of drug-likeness (QED) is 0.585. The van der Waals surface area contributed by atoms with Crippen LogP contribution in [0.1, 0.15) is 48.0 Å².